The molecule has 14 heavy (non-hydrogen) atoms. The lowest BCUT2D eigenvalue weighted by molar-refractivity contribution is 0.281. The number of rotatable bonds is 2. The molecule has 0 spiro atoms. The second kappa shape index (κ2) is 3.98. The van der Waals surface area contributed by atoms with Crippen LogP contribution in [0, 0.1) is 6.92 Å². The van der Waals surface area contributed by atoms with Gasteiger partial charge in [0.05, 0.1) is 21.5 Å². The summed E-state index contributed by atoms with van der Waals surface area (Å²) in [5, 5.41) is 9.70. The van der Waals surface area contributed by atoms with Gasteiger partial charge in [0.25, 0.3) is 0 Å². The van der Waals surface area contributed by atoms with Gasteiger partial charge < -0.3 is 5.11 Å². The molecular weight excluding hydrogens is 238 g/mol. The monoisotopic (exact) mass is 245 g/mol. The number of hydrogen-bond acceptors (Lipinski definition) is 4. The Kier molecular flexibility index (Phi) is 2.88. The van der Waals surface area contributed by atoms with E-state index in [2.05, 4.69) is 4.98 Å². The first-order valence-corrected chi connectivity index (χ1v) is 6.04. The zero-order valence-corrected chi connectivity index (χ0v) is 9.84. The number of aromatic nitrogens is 1. The van der Waals surface area contributed by atoms with Gasteiger partial charge in [0.2, 0.25) is 0 Å². The van der Waals surface area contributed by atoms with Crippen LogP contribution in [-0.4, -0.2) is 10.1 Å². The van der Waals surface area contributed by atoms with E-state index in [1.807, 2.05) is 19.1 Å². The molecule has 2 aromatic heterocycles. The van der Waals surface area contributed by atoms with E-state index in [4.69, 9.17) is 16.7 Å². The van der Waals surface area contributed by atoms with Gasteiger partial charge in [0, 0.05) is 4.88 Å². The van der Waals surface area contributed by atoms with Crippen LogP contribution in [0.5, 0.6) is 0 Å². The third kappa shape index (κ3) is 1.83. The first-order valence-electron chi connectivity index (χ1n) is 4.03. The summed E-state index contributed by atoms with van der Waals surface area (Å²) >= 11 is 8.88. The topological polar surface area (TPSA) is 33.1 Å². The Morgan fingerprint density at radius 3 is 2.71 bits per heavy atom. The van der Waals surface area contributed by atoms with Gasteiger partial charge in [-0.3, -0.25) is 0 Å². The van der Waals surface area contributed by atoms with Crippen molar-refractivity contribution in [3.05, 3.63) is 26.4 Å². The van der Waals surface area contributed by atoms with Crippen LogP contribution in [-0.2, 0) is 6.61 Å². The number of aliphatic hydroxyl groups is 1. The highest BCUT2D eigenvalue weighted by Gasteiger charge is 2.10. The maximum absolute atomic E-state index is 8.95. The smallest absolute Gasteiger partial charge is 0.119 e. The molecule has 0 radical (unpaired) electrons. The second-order valence-corrected chi connectivity index (χ2v) is 5.78. The first-order chi connectivity index (χ1) is 6.70. The first kappa shape index (κ1) is 10.1. The van der Waals surface area contributed by atoms with Crippen LogP contribution in [0.15, 0.2) is 12.1 Å². The zero-order chi connectivity index (χ0) is 10.1. The normalized spacial score (nSPS) is 10.8. The minimum Gasteiger partial charge on any atom is -0.389 e. The number of aryl methyl sites for hydroxylation is 1. The summed E-state index contributed by atoms with van der Waals surface area (Å²) in [6.07, 6.45) is 0. The Hall–Kier alpha value is -0.420. The molecule has 2 heterocycles. The standard InChI is InChI=1S/C9H8ClNOS2/c1-5-9(11-8(4-12)13-5)6-2-3-7(10)14-6/h2-3,12H,4H2,1H3. The zero-order valence-electron chi connectivity index (χ0n) is 7.45. The number of nitrogens with zero attached hydrogens (tertiary/aromatic N) is 1. The largest absolute Gasteiger partial charge is 0.389 e. The van der Waals surface area contributed by atoms with Crippen molar-refractivity contribution < 1.29 is 5.11 Å². The third-order valence-electron chi connectivity index (χ3n) is 1.78. The highest BCUT2D eigenvalue weighted by atomic mass is 35.5. The predicted octanol–water partition coefficient (Wildman–Crippen LogP) is 3.33. The highest BCUT2D eigenvalue weighted by Crippen LogP contribution is 2.34. The van der Waals surface area contributed by atoms with Crippen molar-refractivity contribution >= 4 is 34.3 Å². The number of thiazole rings is 1. The Labute approximate surface area is 94.8 Å². The van der Waals surface area contributed by atoms with E-state index in [0.29, 0.717) is 0 Å². The number of thiophene rings is 1. The van der Waals surface area contributed by atoms with Gasteiger partial charge in [0.15, 0.2) is 0 Å². The molecule has 0 bridgehead atoms. The summed E-state index contributed by atoms with van der Waals surface area (Å²) in [7, 11) is 0. The van der Waals surface area contributed by atoms with Crippen molar-refractivity contribution in [3.8, 4) is 10.6 Å². The van der Waals surface area contributed by atoms with Gasteiger partial charge >= 0.3 is 0 Å². The van der Waals surface area contributed by atoms with Gasteiger partial charge in [-0.15, -0.1) is 22.7 Å². The minimum absolute atomic E-state index is 0.00458. The molecule has 5 heteroatoms. The van der Waals surface area contributed by atoms with Crippen molar-refractivity contribution in [2.24, 2.45) is 0 Å². The van der Waals surface area contributed by atoms with E-state index in [1.165, 1.54) is 22.7 Å². The molecule has 0 unspecified atom stereocenters. The van der Waals surface area contributed by atoms with E-state index in [9.17, 15) is 0 Å². The van der Waals surface area contributed by atoms with E-state index in [0.717, 1.165) is 24.8 Å². The van der Waals surface area contributed by atoms with Crippen molar-refractivity contribution in [2.75, 3.05) is 0 Å². The molecule has 0 aliphatic rings. The number of aliphatic hydroxyl groups excluding tert-OH is 1. The highest BCUT2D eigenvalue weighted by molar-refractivity contribution is 7.19. The molecule has 0 aromatic carbocycles. The molecule has 2 aromatic rings. The van der Waals surface area contributed by atoms with Crippen LogP contribution in [0.4, 0.5) is 0 Å². The molecule has 0 saturated heterocycles. The molecule has 2 rings (SSSR count). The summed E-state index contributed by atoms with van der Waals surface area (Å²) in [6, 6.07) is 3.81. The lowest BCUT2D eigenvalue weighted by Crippen LogP contribution is -1.80. The summed E-state index contributed by atoms with van der Waals surface area (Å²) in [4.78, 5) is 6.51. The van der Waals surface area contributed by atoms with Crippen molar-refractivity contribution in [1.29, 1.82) is 0 Å². The van der Waals surface area contributed by atoms with Gasteiger partial charge in [-0.2, -0.15) is 0 Å². The van der Waals surface area contributed by atoms with Gasteiger partial charge in [-0.05, 0) is 19.1 Å². The maximum atomic E-state index is 8.95. The Morgan fingerprint density at radius 1 is 1.43 bits per heavy atom. The third-order valence-corrected chi connectivity index (χ3v) is 3.98. The Bertz CT molecular complexity index is 449. The van der Waals surface area contributed by atoms with Crippen LogP contribution >= 0.6 is 34.3 Å². The number of hydrogen-bond donors (Lipinski definition) is 1. The average Bonchev–Trinajstić information content (AvgIpc) is 2.71. The summed E-state index contributed by atoms with van der Waals surface area (Å²) in [5.41, 5.74) is 0.941. The summed E-state index contributed by atoms with van der Waals surface area (Å²) in [6.45, 7) is 2.00. The molecule has 0 aliphatic carbocycles. The van der Waals surface area contributed by atoms with E-state index in [-0.39, 0.29) is 6.61 Å². The van der Waals surface area contributed by atoms with Gasteiger partial charge in [-0.1, -0.05) is 11.6 Å². The molecule has 0 aliphatic heterocycles. The fourth-order valence-corrected chi connectivity index (χ4v) is 3.15. The quantitative estimate of drug-likeness (QED) is 0.881. The molecule has 0 fully saturated rings. The lowest BCUT2D eigenvalue weighted by atomic mass is 10.3. The number of halogens is 1. The maximum Gasteiger partial charge on any atom is 0.119 e. The van der Waals surface area contributed by atoms with Gasteiger partial charge in [0.1, 0.15) is 5.01 Å². The molecule has 1 N–H and O–H groups in total. The van der Waals surface area contributed by atoms with Crippen LogP contribution in [0.1, 0.15) is 9.88 Å². The molecule has 2 nitrogen and oxygen atoms in total. The van der Waals surface area contributed by atoms with Crippen LogP contribution in [0.25, 0.3) is 10.6 Å². The average molecular weight is 246 g/mol. The minimum atomic E-state index is 0.00458. The van der Waals surface area contributed by atoms with Crippen molar-refractivity contribution in [1.82, 2.24) is 4.98 Å². The summed E-state index contributed by atoms with van der Waals surface area (Å²) < 4.78 is 0.762. The molecule has 74 valence electrons. The van der Waals surface area contributed by atoms with Crippen LogP contribution in [0.2, 0.25) is 4.34 Å². The lowest BCUT2D eigenvalue weighted by Gasteiger charge is -1.90. The van der Waals surface area contributed by atoms with Crippen molar-refractivity contribution in [3.63, 3.8) is 0 Å². The molecule has 0 amide bonds. The Morgan fingerprint density at radius 2 is 2.21 bits per heavy atom. The molecular formula is C9H8ClNOS2. The fraction of sp³-hybridized carbons (Fsp3) is 0.222. The summed E-state index contributed by atoms with van der Waals surface area (Å²) in [5.74, 6) is 0. The molecule has 0 atom stereocenters. The van der Waals surface area contributed by atoms with E-state index < -0.39 is 0 Å². The van der Waals surface area contributed by atoms with Crippen molar-refractivity contribution in [2.45, 2.75) is 13.5 Å². The molecule has 0 saturated carbocycles. The van der Waals surface area contributed by atoms with Crippen LogP contribution in [0.3, 0.4) is 0 Å². The van der Waals surface area contributed by atoms with Crippen LogP contribution < -0.4 is 0 Å². The van der Waals surface area contributed by atoms with Gasteiger partial charge in [-0.25, -0.2) is 4.98 Å². The second-order valence-electron chi connectivity index (χ2n) is 2.77. The predicted molar refractivity (Wildman–Crippen MR) is 61.1 cm³/mol. The fourth-order valence-electron chi connectivity index (χ4n) is 1.19. The Balaban J connectivity index is 2.45. The van der Waals surface area contributed by atoms with E-state index in [1.54, 1.807) is 0 Å². The van der Waals surface area contributed by atoms with E-state index >= 15 is 0 Å². The SMILES string of the molecule is Cc1sc(CO)nc1-c1ccc(Cl)s1.